The Hall–Kier alpha value is -0.670. The summed E-state index contributed by atoms with van der Waals surface area (Å²) in [5.74, 6) is 1.41. The molecule has 162 valence electrons. The van der Waals surface area contributed by atoms with Gasteiger partial charge in [0.1, 0.15) is 0 Å². The van der Waals surface area contributed by atoms with Gasteiger partial charge in [0.2, 0.25) is 0 Å². The number of hydrogen-bond donors (Lipinski definition) is 2. The van der Waals surface area contributed by atoms with Crippen LogP contribution in [0.5, 0.6) is 0 Å². The molecule has 1 aromatic carbocycles. The van der Waals surface area contributed by atoms with Crippen LogP contribution in [0.4, 0.5) is 0 Å². The highest BCUT2D eigenvalue weighted by atomic mass is 127. The number of aliphatic imine (C=N–C) groups is 1. The molecule has 0 aliphatic rings. The van der Waals surface area contributed by atoms with E-state index in [4.69, 9.17) is 4.99 Å². The van der Waals surface area contributed by atoms with Crippen molar-refractivity contribution in [1.29, 1.82) is 0 Å². The minimum absolute atomic E-state index is 0. The fourth-order valence-corrected chi connectivity index (χ4v) is 3.76. The normalized spacial score (nSPS) is 14.3. The van der Waals surface area contributed by atoms with E-state index in [2.05, 4.69) is 60.6 Å². The van der Waals surface area contributed by atoms with Crippen molar-refractivity contribution < 1.29 is 4.21 Å². The van der Waals surface area contributed by atoms with Gasteiger partial charge >= 0.3 is 0 Å². The monoisotopic (exact) mass is 522 g/mol. The highest BCUT2D eigenvalue weighted by Gasteiger charge is 2.19. The van der Waals surface area contributed by atoms with Crippen molar-refractivity contribution in [1.82, 2.24) is 15.5 Å². The van der Waals surface area contributed by atoms with Crippen LogP contribution in [-0.4, -0.2) is 58.3 Å². The van der Waals surface area contributed by atoms with Crippen LogP contribution >= 0.6 is 24.0 Å². The van der Waals surface area contributed by atoms with Gasteiger partial charge in [0.15, 0.2) is 5.96 Å². The number of nitrogens with zero attached hydrogens (tertiary/aromatic N) is 2. The van der Waals surface area contributed by atoms with Crippen molar-refractivity contribution in [2.75, 3.05) is 38.5 Å². The van der Waals surface area contributed by atoms with E-state index in [-0.39, 0.29) is 34.8 Å². The lowest BCUT2D eigenvalue weighted by Crippen LogP contribution is -2.41. The van der Waals surface area contributed by atoms with Crippen molar-refractivity contribution in [2.24, 2.45) is 4.99 Å². The Kier molecular flexibility index (Phi) is 14.0. The summed E-state index contributed by atoms with van der Waals surface area (Å²) in [6, 6.07) is 10.8. The highest BCUT2D eigenvalue weighted by molar-refractivity contribution is 14.0. The van der Waals surface area contributed by atoms with E-state index in [1.165, 1.54) is 5.56 Å². The predicted molar refractivity (Wildman–Crippen MR) is 134 cm³/mol. The third kappa shape index (κ3) is 9.69. The van der Waals surface area contributed by atoms with Gasteiger partial charge in [-0.1, -0.05) is 44.2 Å². The minimum atomic E-state index is -0.864. The molecule has 2 atom stereocenters. The number of likely N-dealkylation sites (N-methyl/N-ethyl adjacent to an activating group) is 1. The summed E-state index contributed by atoms with van der Waals surface area (Å²) in [6.45, 7) is 16.6. The zero-order valence-corrected chi connectivity index (χ0v) is 21.5. The predicted octanol–water partition coefficient (Wildman–Crippen LogP) is 3.79. The van der Waals surface area contributed by atoms with Crippen molar-refractivity contribution in [3.63, 3.8) is 0 Å². The van der Waals surface area contributed by atoms with Crippen molar-refractivity contribution >= 4 is 40.7 Å². The van der Waals surface area contributed by atoms with Crippen LogP contribution < -0.4 is 10.6 Å². The summed E-state index contributed by atoms with van der Waals surface area (Å²) in [6.07, 6.45) is 0. The molecule has 0 amide bonds. The number of rotatable bonds is 10. The molecule has 0 aliphatic heterocycles. The first kappa shape index (κ1) is 27.3. The molecule has 1 rings (SSSR count). The number of hydrogen-bond acceptors (Lipinski definition) is 3. The van der Waals surface area contributed by atoms with E-state index >= 15 is 0 Å². The Morgan fingerprint density at radius 3 is 2.21 bits per heavy atom. The smallest absolute Gasteiger partial charge is 0.191 e. The molecule has 0 radical (unpaired) electrons. The van der Waals surface area contributed by atoms with Gasteiger partial charge in [-0.25, -0.2) is 0 Å². The van der Waals surface area contributed by atoms with Crippen LogP contribution in [0.15, 0.2) is 35.3 Å². The average molecular weight is 523 g/mol. The summed E-state index contributed by atoms with van der Waals surface area (Å²) in [5, 5.41) is 6.63. The maximum absolute atomic E-state index is 12.2. The van der Waals surface area contributed by atoms with Gasteiger partial charge in [0, 0.05) is 34.4 Å². The molecule has 0 saturated carbocycles. The van der Waals surface area contributed by atoms with Crippen LogP contribution in [0.3, 0.4) is 0 Å². The molecule has 2 unspecified atom stereocenters. The zero-order valence-electron chi connectivity index (χ0n) is 18.3. The largest absolute Gasteiger partial charge is 0.357 e. The molecule has 0 spiro atoms. The van der Waals surface area contributed by atoms with Crippen LogP contribution in [0, 0.1) is 0 Å². The fraction of sp³-hybridized carbons (Fsp3) is 0.667. The van der Waals surface area contributed by atoms with Gasteiger partial charge in [0.05, 0.1) is 12.6 Å². The number of nitrogens with one attached hydrogen (secondary N) is 2. The lowest BCUT2D eigenvalue weighted by atomic mass is 10.1. The average Bonchev–Trinajstić information content (AvgIpc) is 2.64. The first-order chi connectivity index (χ1) is 12.8. The highest BCUT2D eigenvalue weighted by Crippen LogP contribution is 2.20. The quantitative estimate of drug-likeness (QED) is 0.279. The van der Waals surface area contributed by atoms with Crippen LogP contribution in [0.25, 0.3) is 0 Å². The minimum Gasteiger partial charge on any atom is -0.357 e. The Morgan fingerprint density at radius 1 is 1.11 bits per heavy atom. The van der Waals surface area contributed by atoms with Crippen LogP contribution in [-0.2, 0) is 10.8 Å². The third-order valence-electron chi connectivity index (χ3n) is 4.47. The summed E-state index contributed by atoms with van der Waals surface area (Å²) >= 11 is 0. The van der Waals surface area contributed by atoms with Crippen molar-refractivity contribution in [3.05, 3.63) is 35.9 Å². The number of guanidine groups is 1. The van der Waals surface area contributed by atoms with Gasteiger partial charge in [0.25, 0.3) is 0 Å². The molecule has 1 aromatic rings. The van der Waals surface area contributed by atoms with Crippen LogP contribution in [0.2, 0.25) is 0 Å². The fourth-order valence-electron chi connectivity index (χ4n) is 2.86. The lowest BCUT2D eigenvalue weighted by molar-refractivity contribution is 0.224. The second-order valence-electron chi connectivity index (χ2n) is 7.46. The van der Waals surface area contributed by atoms with Gasteiger partial charge in [-0.2, -0.15) is 0 Å². The molecular formula is C21H39IN4OS. The molecule has 28 heavy (non-hydrogen) atoms. The van der Waals surface area contributed by atoms with E-state index in [1.54, 1.807) is 0 Å². The molecule has 0 aromatic heterocycles. The zero-order chi connectivity index (χ0) is 20.3. The maximum Gasteiger partial charge on any atom is 0.191 e. The van der Waals surface area contributed by atoms with E-state index in [9.17, 15) is 4.21 Å². The van der Waals surface area contributed by atoms with E-state index < -0.39 is 10.8 Å². The molecule has 0 fully saturated rings. The van der Waals surface area contributed by atoms with Crippen molar-refractivity contribution in [2.45, 2.75) is 52.3 Å². The molecule has 0 heterocycles. The topological polar surface area (TPSA) is 56.7 Å². The molecule has 0 bridgehead atoms. The molecule has 0 aliphatic carbocycles. The van der Waals surface area contributed by atoms with E-state index in [0.717, 1.165) is 25.6 Å². The molecule has 0 saturated heterocycles. The second kappa shape index (κ2) is 14.3. The summed E-state index contributed by atoms with van der Waals surface area (Å²) in [4.78, 5) is 7.25. The van der Waals surface area contributed by atoms with Crippen molar-refractivity contribution in [3.8, 4) is 0 Å². The Balaban J connectivity index is 0.00000729. The first-order valence-electron chi connectivity index (χ1n) is 10.0. The van der Waals surface area contributed by atoms with E-state index in [1.807, 2.05) is 26.8 Å². The summed E-state index contributed by atoms with van der Waals surface area (Å²) in [5.41, 5.74) is 1.29. The molecular weight excluding hydrogens is 483 g/mol. The van der Waals surface area contributed by atoms with E-state index in [0.29, 0.717) is 18.8 Å². The lowest BCUT2D eigenvalue weighted by Gasteiger charge is -2.29. The van der Waals surface area contributed by atoms with Gasteiger partial charge in [-0.05, 0) is 46.3 Å². The summed E-state index contributed by atoms with van der Waals surface area (Å²) in [7, 11) is -0.864. The Morgan fingerprint density at radius 2 is 1.71 bits per heavy atom. The SMILES string of the molecule is CCNC(=NCC(c1ccccc1)N(CC)CC)NCCS(=O)C(C)(C)C.I. The molecule has 5 nitrogen and oxygen atoms in total. The molecule has 2 N–H and O–H groups in total. The van der Waals surface area contributed by atoms with Gasteiger partial charge < -0.3 is 10.6 Å². The first-order valence-corrected chi connectivity index (χ1v) is 11.3. The maximum atomic E-state index is 12.2. The number of halogens is 1. The number of benzene rings is 1. The van der Waals surface area contributed by atoms with Crippen LogP contribution in [0.1, 0.15) is 53.1 Å². The molecule has 7 heteroatoms. The Labute approximate surface area is 191 Å². The standard InChI is InChI=1S/C21H38N4OS.HI/c1-7-22-20(23-15-16-27(26)21(4,5)6)24-17-19(25(8-2)9-3)18-13-11-10-12-14-18;/h10-14,19H,7-9,15-17H2,1-6H3,(H2,22,23,24);1H. The second-order valence-corrected chi connectivity index (χ2v) is 9.78. The summed E-state index contributed by atoms with van der Waals surface area (Å²) < 4.78 is 12.0. The van der Waals surface area contributed by atoms with Gasteiger partial charge in [-0.3, -0.25) is 14.1 Å². The third-order valence-corrected chi connectivity index (χ3v) is 6.41. The van der Waals surface area contributed by atoms with Gasteiger partial charge in [-0.15, -0.1) is 24.0 Å². The Bertz CT molecular complexity index is 586.